The Morgan fingerprint density at radius 3 is 1.96 bits per heavy atom. The molecule has 0 heterocycles. The minimum Gasteiger partial charge on any atom is -0.466 e. The minimum absolute atomic E-state index is 0.0869. The average Bonchev–Trinajstić information content (AvgIpc) is 2.66. The lowest BCUT2D eigenvalue weighted by Crippen LogP contribution is -1.99. The van der Waals surface area contributed by atoms with Crippen LogP contribution in [-0.2, 0) is 48.5 Å². The van der Waals surface area contributed by atoms with Crippen molar-refractivity contribution < 1.29 is 36.7 Å². The highest BCUT2D eigenvalue weighted by molar-refractivity contribution is 8.68. The van der Waals surface area contributed by atoms with Gasteiger partial charge in [0.1, 0.15) is 5.76 Å². The molecule has 13 heteroatoms. The molecule has 0 aliphatic heterocycles. The van der Waals surface area contributed by atoms with Gasteiger partial charge in [-0.25, -0.2) is 9.36 Å². The highest BCUT2D eigenvalue weighted by Crippen LogP contribution is 2.60. The van der Waals surface area contributed by atoms with Gasteiger partial charge in [-0.2, -0.15) is 11.8 Å². The summed E-state index contributed by atoms with van der Waals surface area (Å²) in [6, 6.07) is 0. The Kier molecular flexibility index (Phi) is 19.9. The Labute approximate surface area is 182 Å². The van der Waals surface area contributed by atoms with E-state index in [1.54, 1.807) is 11.4 Å². The summed E-state index contributed by atoms with van der Waals surface area (Å²) in [5.41, 5.74) is -2.02. The third-order valence-corrected chi connectivity index (χ3v) is 10.6. The van der Waals surface area contributed by atoms with E-state index in [0.29, 0.717) is 13.2 Å². The normalized spacial score (nSPS) is 12.2. The number of phosphoric ester groups is 1. The maximum atomic E-state index is 11.4. The molecule has 0 bridgehead atoms. The van der Waals surface area contributed by atoms with Gasteiger partial charge in [0.2, 0.25) is 5.69 Å². The summed E-state index contributed by atoms with van der Waals surface area (Å²) in [6.07, 6.45) is 1.03. The summed E-state index contributed by atoms with van der Waals surface area (Å²) in [6.45, 7) is 8.80. The lowest BCUT2D eigenvalue weighted by atomic mass is 10.5. The second-order valence-corrected chi connectivity index (χ2v) is 14.1. The third-order valence-electron chi connectivity index (χ3n) is 2.48. The van der Waals surface area contributed by atoms with Gasteiger partial charge in [-0.1, -0.05) is 18.3 Å². The molecule has 0 aliphatic carbocycles. The first-order valence-corrected chi connectivity index (χ1v) is 15.3. The standard InChI is InChI=1S/C8H19O2PS3.C7H13O6P/c1-4-9-11(12,10-5-2)14-8-7-13-6-3;1-6(5-7(8)10-2)13-14(9,11-3)12-4/h4-8H2,1-3H3;5H,1-4H3/b;6-5+. The lowest BCUT2D eigenvalue weighted by Gasteiger charge is -2.19. The Bertz CT molecular complexity index is 527. The van der Waals surface area contributed by atoms with Crippen molar-refractivity contribution in [2.24, 2.45) is 0 Å². The Hall–Kier alpha value is 0.430. The molecule has 0 radical (unpaired) electrons. The molecule has 0 saturated heterocycles. The zero-order valence-corrected chi connectivity index (χ0v) is 21.7. The summed E-state index contributed by atoms with van der Waals surface area (Å²) in [5, 5.41) is 0. The number of hydrogen-bond acceptors (Lipinski definition) is 11. The summed E-state index contributed by atoms with van der Waals surface area (Å²) < 4.78 is 40.5. The largest absolute Gasteiger partial charge is 0.529 e. The van der Waals surface area contributed by atoms with Gasteiger partial charge >= 0.3 is 13.8 Å². The molecule has 28 heavy (non-hydrogen) atoms. The smallest absolute Gasteiger partial charge is 0.466 e. The predicted molar refractivity (Wildman–Crippen MR) is 121 cm³/mol. The van der Waals surface area contributed by atoms with Gasteiger partial charge in [0.25, 0.3) is 0 Å². The number of thioether (sulfide) groups is 1. The van der Waals surface area contributed by atoms with Gasteiger partial charge in [0, 0.05) is 25.7 Å². The molecule has 0 aromatic carbocycles. The number of esters is 1. The van der Waals surface area contributed by atoms with Crippen LogP contribution >= 0.6 is 36.7 Å². The van der Waals surface area contributed by atoms with E-state index in [1.165, 1.54) is 28.3 Å². The molecule has 0 fully saturated rings. The van der Waals surface area contributed by atoms with Crippen LogP contribution in [0.5, 0.6) is 0 Å². The van der Waals surface area contributed by atoms with E-state index < -0.39 is 19.5 Å². The van der Waals surface area contributed by atoms with Gasteiger partial charge in [-0.05, 0) is 38.3 Å². The van der Waals surface area contributed by atoms with Crippen LogP contribution in [0.3, 0.4) is 0 Å². The van der Waals surface area contributed by atoms with Crippen LogP contribution in [0.25, 0.3) is 0 Å². The predicted octanol–water partition coefficient (Wildman–Crippen LogP) is 5.25. The number of rotatable bonds is 14. The number of carbonyl (C=O) groups excluding carboxylic acids is 1. The summed E-state index contributed by atoms with van der Waals surface area (Å²) in [5.74, 6) is 2.78. The van der Waals surface area contributed by atoms with Crippen molar-refractivity contribution in [2.75, 3.05) is 51.8 Å². The van der Waals surface area contributed by atoms with Crippen molar-refractivity contribution in [3.05, 3.63) is 11.8 Å². The van der Waals surface area contributed by atoms with Crippen LogP contribution < -0.4 is 0 Å². The van der Waals surface area contributed by atoms with Crippen LogP contribution in [0.15, 0.2) is 11.8 Å². The second kappa shape index (κ2) is 18.2. The van der Waals surface area contributed by atoms with Crippen molar-refractivity contribution in [3.8, 4) is 0 Å². The number of methoxy groups -OCH3 is 1. The van der Waals surface area contributed by atoms with E-state index >= 15 is 0 Å². The fourth-order valence-electron chi connectivity index (χ4n) is 1.36. The summed E-state index contributed by atoms with van der Waals surface area (Å²) in [7, 11) is -0.00688. The first-order valence-electron chi connectivity index (χ1n) is 8.44. The number of ether oxygens (including phenoxy) is 1. The van der Waals surface area contributed by atoms with Crippen LogP contribution in [-0.4, -0.2) is 57.8 Å². The molecule has 8 nitrogen and oxygen atoms in total. The van der Waals surface area contributed by atoms with E-state index in [-0.39, 0.29) is 5.76 Å². The minimum atomic E-state index is -3.58. The zero-order valence-electron chi connectivity index (χ0n) is 17.5. The van der Waals surface area contributed by atoms with Gasteiger partial charge in [-0.3, -0.25) is 9.05 Å². The highest BCUT2D eigenvalue weighted by Gasteiger charge is 2.24. The Morgan fingerprint density at radius 2 is 1.57 bits per heavy atom. The molecular weight excluding hydrogens is 466 g/mol. The molecule has 0 aromatic rings. The SMILES string of the molecule is CCOP(=S)(OCC)SCCSCC.COC(=O)/C=C(\C)OP(=O)(OC)OC. The van der Waals surface area contributed by atoms with Crippen LogP contribution in [0, 0.1) is 0 Å². The maximum absolute atomic E-state index is 11.4. The average molecular weight is 499 g/mol. The first kappa shape index (κ1) is 30.6. The third kappa shape index (κ3) is 16.3. The Morgan fingerprint density at radius 1 is 1.04 bits per heavy atom. The lowest BCUT2D eigenvalue weighted by molar-refractivity contribution is -0.135. The molecular formula is C15H32O8P2S3. The molecule has 0 atom stereocenters. The number of hydrogen-bond donors (Lipinski definition) is 0. The van der Waals surface area contributed by atoms with Crippen molar-refractivity contribution in [1.82, 2.24) is 0 Å². The quantitative estimate of drug-likeness (QED) is 0.103. The molecule has 0 saturated carbocycles. The van der Waals surface area contributed by atoms with Crippen LogP contribution in [0.4, 0.5) is 0 Å². The molecule has 0 amide bonds. The maximum Gasteiger partial charge on any atom is 0.529 e. The molecule has 0 unspecified atom stereocenters. The van der Waals surface area contributed by atoms with E-state index in [0.717, 1.165) is 23.3 Å². The van der Waals surface area contributed by atoms with Crippen molar-refractivity contribution in [1.29, 1.82) is 0 Å². The number of allylic oxidation sites excluding steroid dienone is 1. The molecule has 168 valence electrons. The fraction of sp³-hybridized carbons (Fsp3) is 0.800. The summed E-state index contributed by atoms with van der Waals surface area (Å²) >= 11 is 8.97. The van der Waals surface area contributed by atoms with Gasteiger partial charge in [-0.15, -0.1) is 0 Å². The topological polar surface area (TPSA) is 89.5 Å². The van der Waals surface area contributed by atoms with Gasteiger partial charge in [0.05, 0.1) is 26.4 Å². The van der Waals surface area contributed by atoms with Crippen LogP contribution in [0.2, 0.25) is 0 Å². The Balaban J connectivity index is 0. The van der Waals surface area contributed by atoms with Crippen molar-refractivity contribution in [3.63, 3.8) is 0 Å². The number of phosphoric acid groups is 1. The van der Waals surface area contributed by atoms with E-state index in [2.05, 4.69) is 20.7 Å². The van der Waals surface area contributed by atoms with E-state index in [4.69, 9.17) is 25.4 Å². The first-order chi connectivity index (χ1) is 13.2. The molecule has 0 aromatic heterocycles. The van der Waals surface area contributed by atoms with E-state index in [1.807, 2.05) is 25.6 Å². The molecule has 0 spiro atoms. The molecule has 0 rings (SSSR count). The fourth-order valence-corrected chi connectivity index (χ4v) is 7.92. The van der Waals surface area contributed by atoms with Crippen molar-refractivity contribution in [2.45, 2.75) is 27.7 Å². The molecule has 0 aliphatic rings. The monoisotopic (exact) mass is 498 g/mol. The van der Waals surface area contributed by atoms with Crippen LogP contribution in [0.1, 0.15) is 27.7 Å². The van der Waals surface area contributed by atoms with Gasteiger partial charge < -0.3 is 18.3 Å². The summed E-state index contributed by atoms with van der Waals surface area (Å²) in [4.78, 5) is 10.7. The van der Waals surface area contributed by atoms with E-state index in [9.17, 15) is 9.36 Å². The van der Waals surface area contributed by atoms with Gasteiger partial charge in [0.15, 0.2) is 0 Å². The molecule has 0 N–H and O–H groups in total. The van der Waals surface area contributed by atoms with Crippen molar-refractivity contribution >= 4 is 54.4 Å². The zero-order chi connectivity index (χ0) is 22.1. The highest BCUT2D eigenvalue weighted by atomic mass is 32.9. The number of carbonyl (C=O) groups is 1. The second-order valence-electron chi connectivity index (χ2n) is 4.49.